The van der Waals surface area contributed by atoms with Crippen molar-refractivity contribution in [3.8, 4) is 17.1 Å². The number of carbonyl (C=O) groups is 1. The Morgan fingerprint density at radius 1 is 1.20 bits per heavy atom. The molecule has 158 valence electrons. The average Bonchev–Trinajstić information content (AvgIpc) is 3.16. The summed E-state index contributed by atoms with van der Waals surface area (Å²) in [5, 5.41) is 0. The number of hydrogen-bond acceptors (Lipinski definition) is 3. The van der Waals surface area contributed by atoms with Crippen LogP contribution in [0.15, 0.2) is 54.7 Å². The van der Waals surface area contributed by atoms with Crippen LogP contribution in [0.1, 0.15) is 54.0 Å². The molecule has 4 heteroatoms. The highest BCUT2D eigenvalue weighted by atomic mass is 16.5. The normalized spacial score (nSPS) is 13.9. The molecular formula is C26H32N2O2. The van der Waals surface area contributed by atoms with Crippen molar-refractivity contribution in [2.75, 3.05) is 6.61 Å². The van der Waals surface area contributed by atoms with Crippen LogP contribution in [-0.2, 0) is 11.3 Å². The lowest BCUT2D eigenvalue weighted by Crippen LogP contribution is -2.08. The Kier molecular flexibility index (Phi) is 6.12. The molecule has 0 bridgehead atoms. The summed E-state index contributed by atoms with van der Waals surface area (Å²) in [4.78, 5) is 15.7. The van der Waals surface area contributed by atoms with E-state index >= 15 is 0 Å². The lowest BCUT2D eigenvalue weighted by molar-refractivity contribution is -0.117. The molecule has 30 heavy (non-hydrogen) atoms. The second-order valence-corrected chi connectivity index (χ2v) is 8.03. The fourth-order valence-electron chi connectivity index (χ4n) is 3.62. The molecule has 3 rings (SSSR count). The summed E-state index contributed by atoms with van der Waals surface area (Å²) in [7, 11) is 0. The Labute approximate surface area is 184 Å². The fraction of sp³-hybridized carbons (Fsp3) is 0.385. The topological polar surface area (TPSA) is 44.1 Å². The van der Waals surface area contributed by atoms with Crippen LogP contribution in [-0.4, -0.2) is 21.9 Å². The van der Waals surface area contributed by atoms with E-state index in [1.165, 1.54) is 6.20 Å². The number of benzene rings is 2. The third-order valence-electron chi connectivity index (χ3n) is 5.20. The number of carbonyl (C=O) groups excluding carboxylic acids is 1. The van der Waals surface area contributed by atoms with Gasteiger partial charge in [0.25, 0.3) is 0 Å². The van der Waals surface area contributed by atoms with Gasteiger partial charge in [-0.15, -0.1) is 0 Å². The van der Waals surface area contributed by atoms with Crippen molar-refractivity contribution in [3.05, 3.63) is 71.5 Å². The van der Waals surface area contributed by atoms with Crippen LogP contribution >= 0.6 is 0 Å². The third-order valence-corrected chi connectivity index (χ3v) is 5.20. The maximum atomic E-state index is 11.3. The van der Waals surface area contributed by atoms with Crippen molar-refractivity contribution >= 4 is 5.78 Å². The molecule has 0 unspecified atom stereocenters. The molecule has 1 aromatic heterocycles. The van der Waals surface area contributed by atoms with Gasteiger partial charge in [-0.05, 0) is 45.5 Å². The second-order valence-electron chi connectivity index (χ2n) is 8.03. The van der Waals surface area contributed by atoms with E-state index < -0.39 is 6.85 Å². The van der Waals surface area contributed by atoms with E-state index in [-0.39, 0.29) is 11.5 Å². The van der Waals surface area contributed by atoms with E-state index in [1.54, 1.807) is 11.5 Å². The van der Waals surface area contributed by atoms with E-state index in [2.05, 4.69) is 11.9 Å². The summed E-state index contributed by atoms with van der Waals surface area (Å²) in [5.41, 5.74) is 3.09. The van der Waals surface area contributed by atoms with Crippen LogP contribution in [0.5, 0.6) is 5.75 Å². The largest absolute Gasteiger partial charge is 0.493 e. The standard InChI is InChI=1S/C26H32N2O2/c1-19-11-13-23(14-12-19)26-27-17-21(3)28(26)18-24-9-5-6-10-25(24)30-15-7-8-20(2)16-22(4)29/h5-6,9-14,17,20H,7-8,15-16,18H2,1-4H3/t20-/m1/s1/i3D3. The smallest absolute Gasteiger partial charge is 0.140 e. The molecule has 0 radical (unpaired) electrons. The average molecular weight is 408 g/mol. The molecule has 0 saturated heterocycles. The Balaban J connectivity index is 1.81. The first-order valence-electron chi connectivity index (χ1n) is 12.0. The minimum atomic E-state index is -2.28. The first-order valence-corrected chi connectivity index (χ1v) is 10.5. The van der Waals surface area contributed by atoms with Gasteiger partial charge >= 0.3 is 0 Å². The summed E-state index contributed by atoms with van der Waals surface area (Å²) >= 11 is 0. The summed E-state index contributed by atoms with van der Waals surface area (Å²) in [6, 6.07) is 15.6. The van der Waals surface area contributed by atoms with E-state index in [1.807, 2.05) is 55.5 Å². The van der Waals surface area contributed by atoms with Crippen molar-refractivity contribution in [2.45, 2.75) is 53.4 Å². The van der Waals surface area contributed by atoms with Gasteiger partial charge in [-0.1, -0.05) is 55.0 Å². The van der Waals surface area contributed by atoms with Crippen molar-refractivity contribution in [1.82, 2.24) is 9.55 Å². The van der Waals surface area contributed by atoms with Gasteiger partial charge < -0.3 is 14.1 Å². The van der Waals surface area contributed by atoms with E-state index in [9.17, 15) is 4.79 Å². The van der Waals surface area contributed by atoms with Crippen molar-refractivity contribution < 1.29 is 13.6 Å². The minimum Gasteiger partial charge on any atom is -0.493 e. The number of hydrogen-bond donors (Lipinski definition) is 0. The Morgan fingerprint density at radius 3 is 2.70 bits per heavy atom. The Hall–Kier alpha value is -2.88. The highest BCUT2D eigenvalue weighted by Gasteiger charge is 2.12. The Bertz CT molecular complexity index is 1070. The van der Waals surface area contributed by atoms with Gasteiger partial charge in [0.15, 0.2) is 0 Å². The van der Waals surface area contributed by atoms with Gasteiger partial charge in [-0.2, -0.15) is 0 Å². The first kappa shape index (κ1) is 17.9. The molecule has 0 amide bonds. The molecule has 1 heterocycles. The number of nitrogens with zero attached hydrogens (tertiary/aromatic N) is 2. The van der Waals surface area contributed by atoms with Gasteiger partial charge in [0.05, 0.1) is 13.2 Å². The molecular weight excluding hydrogens is 372 g/mol. The molecule has 2 aromatic carbocycles. The second kappa shape index (κ2) is 10.2. The molecule has 0 aliphatic carbocycles. The highest BCUT2D eigenvalue weighted by Crippen LogP contribution is 2.25. The summed E-state index contributed by atoms with van der Waals surface area (Å²) in [6.45, 7) is 4.32. The van der Waals surface area contributed by atoms with Crippen molar-refractivity contribution in [3.63, 3.8) is 0 Å². The molecule has 0 aliphatic rings. The predicted octanol–water partition coefficient (Wildman–Crippen LogP) is 5.99. The van der Waals surface area contributed by atoms with E-state index in [4.69, 9.17) is 8.85 Å². The van der Waals surface area contributed by atoms with Crippen LogP contribution in [0.2, 0.25) is 0 Å². The van der Waals surface area contributed by atoms with Crippen LogP contribution in [0, 0.1) is 19.7 Å². The van der Waals surface area contributed by atoms with Gasteiger partial charge in [0.2, 0.25) is 0 Å². The van der Waals surface area contributed by atoms with Gasteiger partial charge in [0, 0.05) is 33.6 Å². The Morgan fingerprint density at radius 2 is 1.97 bits per heavy atom. The number of ketones is 1. The first-order chi connectivity index (χ1) is 15.6. The fourth-order valence-corrected chi connectivity index (χ4v) is 3.62. The van der Waals surface area contributed by atoms with Crippen LogP contribution in [0.4, 0.5) is 0 Å². The minimum absolute atomic E-state index is 0.200. The van der Waals surface area contributed by atoms with E-state index in [0.717, 1.165) is 35.3 Å². The van der Waals surface area contributed by atoms with Crippen molar-refractivity contribution in [1.29, 1.82) is 0 Å². The number of ether oxygens (including phenoxy) is 1. The quantitative estimate of drug-likeness (QED) is 0.388. The maximum absolute atomic E-state index is 11.3. The molecule has 0 aliphatic heterocycles. The summed E-state index contributed by atoms with van der Waals surface area (Å²) in [5.74, 6) is 1.90. The lowest BCUT2D eigenvalue weighted by atomic mass is 10.00. The van der Waals surface area contributed by atoms with Gasteiger partial charge in [-0.25, -0.2) is 4.98 Å². The summed E-state index contributed by atoms with van der Waals surface area (Å²) in [6.07, 6.45) is 3.81. The molecule has 0 saturated carbocycles. The zero-order valence-electron chi connectivity index (χ0n) is 21.0. The molecule has 1 atom stereocenters. The van der Waals surface area contributed by atoms with Crippen LogP contribution < -0.4 is 4.74 Å². The highest BCUT2D eigenvalue weighted by molar-refractivity contribution is 5.75. The molecule has 0 N–H and O–H groups in total. The number of imidazole rings is 1. The monoisotopic (exact) mass is 407 g/mol. The zero-order chi connectivity index (χ0) is 24.0. The number of rotatable bonds is 10. The van der Waals surface area contributed by atoms with Crippen molar-refractivity contribution in [2.24, 2.45) is 5.92 Å². The maximum Gasteiger partial charge on any atom is 0.140 e. The number of aryl methyl sites for hydroxylation is 2. The molecule has 0 spiro atoms. The number of para-hydroxylation sites is 1. The lowest BCUT2D eigenvalue weighted by Gasteiger charge is -2.15. The van der Waals surface area contributed by atoms with Crippen LogP contribution in [0.3, 0.4) is 0 Å². The summed E-state index contributed by atoms with van der Waals surface area (Å²) < 4.78 is 31.8. The number of aromatic nitrogens is 2. The molecule has 0 fully saturated rings. The molecule has 3 aromatic rings. The zero-order valence-corrected chi connectivity index (χ0v) is 18.0. The predicted molar refractivity (Wildman–Crippen MR) is 122 cm³/mol. The van der Waals surface area contributed by atoms with E-state index in [0.29, 0.717) is 31.3 Å². The van der Waals surface area contributed by atoms with Crippen LogP contribution in [0.25, 0.3) is 11.4 Å². The van der Waals surface area contributed by atoms with Gasteiger partial charge in [0.1, 0.15) is 17.4 Å². The third kappa shape index (κ3) is 5.82. The SMILES string of the molecule is [2H]C([2H])([2H])c1cnc(-c2ccc(C)cc2)n1Cc1ccccc1OCCC[C@@H](C)CC(C)=O. The van der Waals surface area contributed by atoms with Gasteiger partial charge in [-0.3, -0.25) is 0 Å². The molecule has 4 nitrogen and oxygen atoms in total. The number of Topliss-reactive ketones (excluding diaryl/α,β-unsaturated/α-hetero) is 1.